The minimum absolute atomic E-state index is 0.0169. The van der Waals surface area contributed by atoms with Crippen molar-refractivity contribution in [2.45, 2.75) is 33.2 Å². The summed E-state index contributed by atoms with van der Waals surface area (Å²) in [6.45, 7) is 5.27. The lowest BCUT2D eigenvalue weighted by atomic mass is 10.1. The van der Waals surface area contributed by atoms with Crippen molar-refractivity contribution in [2.24, 2.45) is 0 Å². The molecule has 0 aliphatic heterocycles. The van der Waals surface area contributed by atoms with Crippen LogP contribution in [0.25, 0.3) is 11.4 Å². The van der Waals surface area contributed by atoms with Gasteiger partial charge in [0.05, 0.1) is 0 Å². The number of benzene rings is 1. The second-order valence-electron chi connectivity index (χ2n) is 5.76. The Morgan fingerprint density at radius 2 is 2.12 bits per heavy atom. The Balaban J connectivity index is 1.66. The Hall–Kier alpha value is -3.17. The summed E-state index contributed by atoms with van der Waals surface area (Å²) in [4.78, 5) is 13.1. The van der Waals surface area contributed by atoms with Crippen molar-refractivity contribution in [3.05, 3.63) is 35.5 Å². The number of aryl methyl sites for hydroxylation is 1. The highest BCUT2D eigenvalue weighted by Crippen LogP contribution is 2.17. The molecule has 0 bridgehead atoms. The van der Waals surface area contributed by atoms with Crippen molar-refractivity contribution in [1.29, 1.82) is 0 Å². The zero-order valence-corrected chi connectivity index (χ0v) is 13.9. The summed E-state index contributed by atoms with van der Waals surface area (Å²) in [5.74, 6) is 0.0600. The third-order valence-electron chi connectivity index (χ3n) is 3.33. The summed E-state index contributed by atoms with van der Waals surface area (Å²) < 4.78 is 18.6. The molecule has 0 aliphatic carbocycles. The second-order valence-corrected chi connectivity index (χ2v) is 5.76. The van der Waals surface area contributed by atoms with E-state index in [0.29, 0.717) is 22.8 Å². The summed E-state index contributed by atoms with van der Waals surface area (Å²) in [6, 6.07) is 4.52. The van der Waals surface area contributed by atoms with Gasteiger partial charge in [-0.25, -0.2) is 4.39 Å². The molecule has 0 saturated carbocycles. The van der Waals surface area contributed by atoms with E-state index in [-0.39, 0.29) is 24.3 Å². The summed E-state index contributed by atoms with van der Waals surface area (Å²) in [7, 11) is 0. The first kappa shape index (κ1) is 16.7. The molecule has 2 heterocycles. The van der Waals surface area contributed by atoms with Gasteiger partial charge in [0.2, 0.25) is 11.7 Å². The van der Waals surface area contributed by atoms with E-state index in [1.165, 1.54) is 6.07 Å². The number of tetrazole rings is 1. The lowest BCUT2D eigenvalue weighted by Crippen LogP contribution is -2.20. The van der Waals surface area contributed by atoms with Gasteiger partial charge in [0.1, 0.15) is 12.4 Å². The summed E-state index contributed by atoms with van der Waals surface area (Å²) >= 11 is 0. The monoisotopic (exact) mass is 345 g/mol. The number of aromatic nitrogens is 6. The Kier molecular flexibility index (Phi) is 4.50. The molecule has 0 atom stereocenters. The van der Waals surface area contributed by atoms with Crippen LogP contribution in [0.2, 0.25) is 0 Å². The van der Waals surface area contributed by atoms with Crippen LogP contribution in [0.1, 0.15) is 31.2 Å². The number of nitrogens with one attached hydrogen (secondary N) is 1. The Bertz CT molecular complexity index is 903. The number of anilines is 1. The molecule has 9 nitrogen and oxygen atoms in total. The quantitative estimate of drug-likeness (QED) is 0.752. The van der Waals surface area contributed by atoms with Gasteiger partial charge < -0.3 is 4.42 Å². The number of nitrogens with zero attached hydrogens (tertiary/aromatic N) is 6. The molecular formula is C15H16FN7O2. The molecule has 130 valence electrons. The fraction of sp³-hybridized carbons (Fsp3) is 0.333. The lowest BCUT2D eigenvalue weighted by Gasteiger charge is -2.00. The van der Waals surface area contributed by atoms with E-state index in [4.69, 9.17) is 4.42 Å². The summed E-state index contributed by atoms with van der Waals surface area (Å²) in [5.41, 5.74) is 1.09. The molecule has 1 amide bonds. The van der Waals surface area contributed by atoms with Crippen molar-refractivity contribution in [3.63, 3.8) is 0 Å². The van der Waals surface area contributed by atoms with E-state index in [9.17, 15) is 9.18 Å². The van der Waals surface area contributed by atoms with E-state index < -0.39 is 5.91 Å². The molecule has 0 fully saturated rings. The Labute approximate surface area is 142 Å². The molecule has 1 N–H and O–H groups in total. The van der Waals surface area contributed by atoms with Crippen LogP contribution in [0.4, 0.5) is 10.4 Å². The van der Waals surface area contributed by atoms with Crippen molar-refractivity contribution in [3.8, 4) is 11.4 Å². The van der Waals surface area contributed by atoms with Crippen LogP contribution < -0.4 is 5.32 Å². The van der Waals surface area contributed by atoms with Crippen molar-refractivity contribution in [1.82, 2.24) is 30.4 Å². The number of rotatable bonds is 5. The first-order valence-corrected chi connectivity index (χ1v) is 7.60. The van der Waals surface area contributed by atoms with Crippen molar-refractivity contribution in [2.75, 3.05) is 5.32 Å². The zero-order valence-electron chi connectivity index (χ0n) is 13.9. The summed E-state index contributed by atoms with van der Waals surface area (Å²) in [6.07, 6.45) is 0. The van der Waals surface area contributed by atoms with E-state index in [2.05, 4.69) is 30.9 Å². The largest absolute Gasteiger partial charge is 0.408 e. The molecule has 3 rings (SSSR count). The maximum atomic E-state index is 13.3. The Morgan fingerprint density at radius 1 is 1.32 bits per heavy atom. The average molecular weight is 345 g/mol. The third kappa shape index (κ3) is 3.84. The fourth-order valence-electron chi connectivity index (χ4n) is 2.02. The van der Waals surface area contributed by atoms with E-state index in [0.717, 1.165) is 4.80 Å². The molecule has 0 saturated heterocycles. The lowest BCUT2D eigenvalue weighted by molar-refractivity contribution is -0.117. The van der Waals surface area contributed by atoms with E-state index in [1.807, 2.05) is 13.8 Å². The number of amides is 1. The van der Waals surface area contributed by atoms with Crippen LogP contribution >= 0.6 is 0 Å². The molecule has 10 heteroatoms. The number of halogens is 1. The van der Waals surface area contributed by atoms with Gasteiger partial charge in [0.15, 0.2) is 0 Å². The van der Waals surface area contributed by atoms with Crippen molar-refractivity contribution >= 4 is 11.9 Å². The van der Waals surface area contributed by atoms with Gasteiger partial charge in [-0.05, 0) is 35.9 Å². The maximum Gasteiger partial charge on any atom is 0.322 e. The molecule has 2 aromatic heterocycles. The normalized spacial score (nSPS) is 11.1. The van der Waals surface area contributed by atoms with Crippen molar-refractivity contribution < 1.29 is 13.6 Å². The van der Waals surface area contributed by atoms with Crippen LogP contribution in [0.5, 0.6) is 0 Å². The zero-order chi connectivity index (χ0) is 18.0. The first-order valence-electron chi connectivity index (χ1n) is 7.60. The average Bonchev–Trinajstić information content (AvgIpc) is 3.19. The van der Waals surface area contributed by atoms with Crippen LogP contribution in [-0.2, 0) is 11.3 Å². The third-order valence-corrected chi connectivity index (χ3v) is 3.33. The first-order chi connectivity index (χ1) is 11.9. The molecule has 25 heavy (non-hydrogen) atoms. The predicted octanol–water partition coefficient (Wildman–Crippen LogP) is 1.93. The molecule has 1 aromatic carbocycles. The van der Waals surface area contributed by atoms with Gasteiger partial charge in [0, 0.05) is 11.5 Å². The van der Waals surface area contributed by atoms with E-state index >= 15 is 0 Å². The molecule has 0 spiro atoms. The topological polar surface area (TPSA) is 112 Å². The van der Waals surface area contributed by atoms with Gasteiger partial charge in [0.25, 0.3) is 5.91 Å². The highest BCUT2D eigenvalue weighted by Gasteiger charge is 2.14. The van der Waals surface area contributed by atoms with Gasteiger partial charge in [-0.3, -0.25) is 10.1 Å². The van der Waals surface area contributed by atoms with Crippen LogP contribution in [0, 0.1) is 12.7 Å². The van der Waals surface area contributed by atoms with Crippen LogP contribution in [-0.4, -0.2) is 36.3 Å². The smallest absolute Gasteiger partial charge is 0.322 e. The standard InChI is InChI=1S/C15H16FN7O2/c1-8(2)14-19-20-15(25-14)17-12(24)7-23-21-13(18-22-23)10-4-5-11(16)9(3)6-10/h4-6,8H,7H2,1-3H3,(H,17,20,24). The van der Waals surface area contributed by atoms with E-state index in [1.54, 1.807) is 19.1 Å². The minimum Gasteiger partial charge on any atom is -0.408 e. The van der Waals surface area contributed by atoms with Crippen LogP contribution in [0.15, 0.2) is 22.6 Å². The predicted molar refractivity (Wildman–Crippen MR) is 85.0 cm³/mol. The SMILES string of the molecule is Cc1cc(-c2nnn(CC(=O)Nc3nnc(C(C)C)o3)n2)ccc1F. The second kappa shape index (κ2) is 6.75. The van der Waals surface area contributed by atoms with Gasteiger partial charge in [-0.1, -0.05) is 18.9 Å². The number of hydrogen-bond donors (Lipinski definition) is 1. The maximum absolute atomic E-state index is 13.3. The molecule has 0 radical (unpaired) electrons. The number of carbonyl (C=O) groups is 1. The highest BCUT2D eigenvalue weighted by molar-refractivity contribution is 5.88. The minimum atomic E-state index is -0.432. The summed E-state index contributed by atoms with van der Waals surface area (Å²) in [5, 5.41) is 21.8. The van der Waals surface area contributed by atoms with Crippen LogP contribution in [0.3, 0.4) is 0 Å². The fourth-order valence-corrected chi connectivity index (χ4v) is 2.02. The van der Waals surface area contributed by atoms with Gasteiger partial charge in [-0.15, -0.1) is 15.3 Å². The number of hydrogen-bond acceptors (Lipinski definition) is 7. The molecule has 0 aliphatic rings. The molecule has 3 aromatic rings. The molecular weight excluding hydrogens is 329 g/mol. The van der Waals surface area contributed by atoms with Gasteiger partial charge >= 0.3 is 6.01 Å². The number of carbonyl (C=O) groups excluding carboxylic acids is 1. The van der Waals surface area contributed by atoms with Gasteiger partial charge in [-0.2, -0.15) is 4.80 Å². The highest BCUT2D eigenvalue weighted by atomic mass is 19.1. The molecule has 0 unspecified atom stereocenters. The Morgan fingerprint density at radius 3 is 2.80 bits per heavy atom.